The van der Waals surface area contributed by atoms with Crippen molar-refractivity contribution >= 4 is 11.0 Å². The number of benzene rings is 2. The van der Waals surface area contributed by atoms with Crippen LogP contribution in [0.4, 0.5) is 0 Å². The van der Waals surface area contributed by atoms with Gasteiger partial charge in [0.25, 0.3) is 0 Å². The Balaban J connectivity index is 1.83. The number of methoxy groups -OCH3 is 2. The van der Waals surface area contributed by atoms with Crippen LogP contribution < -0.4 is 19.6 Å². The lowest BCUT2D eigenvalue weighted by molar-refractivity contribution is -0.277. The van der Waals surface area contributed by atoms with Gasteiger partial charge in [-0.15, -0.1) is 0 Å². The first kappa shape index (κ1) is 25.3. The smallest absolute Gasteiger partial charge is 0.238 e. The van der Waals surface area contributed by atoms with Crippen molar-refractivity contribution in [1.29, 1.82) is 0 Å². The van der Waals surface area contributed by atoms with Gasteiger partial charge in [-0.1, -0.05) is 0 Å². The van der Waals surface area contributed by atoms with E-state index in [1.807, 2.05) is 0 Å². The fourth-order valence-corrected chi connectivity index (χ4v) is 3.84. The van der Waals surface area contributed by atoms with Crippen LogP contribution in [0.2, 0.25) is 0 Å². The first-order valence-corrected chi connectivity index (χ1v) is 10.6. The Kier molecular flexibility index (Phi) is 6.84. The molecular formula is C23H24O13. The second-order valence-corrected chi connectivity index (χ2v) is 7.94. The molecule has 1 fully saturated rings. The molecule has 2 heterocycles. The lowest BCUT2D eigenvalue weighted by atomic mass is 9.99. The van der Waals surface area contributed by atoms with Crippen LogP contribution in [0, 0.1) is 0 Å². The summed E-state index contributed by atoms with van der Waals surface area (Å²) >= 11 is 0. The molecule has 3 aromatic rings. The highest BCUT2D eigenvalue weighted by Crippen LogP contribution is 2.45. The Hall–Kier alpha value is -3.75. The number of aliphatic hydroxyl groups excluding tert-OH is 4. The summed E-state index contributed by atoms with van der Waals surface area (Å²) in [6, 6.07) is 5.14. The van der Waals surface area contributed by atoms with Crippen LogP contribution in [0.3, 0.4) is 0 Å². The van der Waals surface area contributed by atoms with E-state index < -0.39 is 65.4 Å². The molecule has 5 atom stereocenters. The predicted octanol–water partition coefficient (Wildman–Crippen LogP) is -0.227. The zero-order valence-electron chi connectivity index (χ0n) is 19.0. The zero-order chi connectivity index (χ0) is 26.3. The second-order valence-electron chi connectivity index (χ2n) is 7.94. The third-order valence-electron chi connectivity index (χ3n) is 5.80. The first-order valence-electron chi connectivity index (χ1n) is 10.6. The molecule has 5 unspecified atom stereocenters. The number of aliphatic hydroxyl groups is 4. The molecule has 0 bridgehead atoms. The summed E-state index contributed by atoms with van der Waals surface area (Å²) in [6.07, 6.45) is -8.19. The van der Waals surface area contributed by atoms with Gasteiger partial charge in [-0.25, -0.2) is 0 Å². The average Bonchev–Trinajstić information content (AvgIpc) is 2.87. The summed E-state index contributed by atoms with van der Waals surface area (Å²) in [4.78, 5) is 13.0. The number of rotatable bonds is 6. The van der Waals surface area contributed by atoms with Gasteiger partial charge in [0.2, 0.25) is 23.2 Å². The van der Waals surface area contributed by atoms with E-state index in [0.29, 0.717) is 0 Å². The molecule has 36 heavy (non-hydrogen) atoms. The zero-order valence-corrected chi connectivity index (χ0v) is 19.0. The molecule has 194 valence electrons. The summed E-state index contributed by atoms with van der Waals surface area (Å²) < 4.78 is 26.7. The van der Waals surface area contributed by atoms with Crippen molar-refractivity contribution in [3.63, 3.8) is 0 Å². The lowest BCUT2D eigenvalue weighted by Crippen LogP contribution is -2.60. The third kappa shape index (κ3) is 4.12. The van der Waals surface area contributed by atoms with Gasteiger partial charge in [0.05, 0.1) is 20.8 Å². The average molecular weight is 508 g/mol. The van der Waals surface area contributed by atoms with E-state index in [-0.39, 0.29) is 34.2 Å². The van der Waals surface area contributed by atoms with Crippen LogP contribution in [-0.2, 0) is 4.74 Å². The first-order chi connectivity index (χ1) is 17.1. The van der Waals surface area contributed by atoms with Crippen molar-refractivity contribution in [3.05, 3.63) is 34.5 Å². The van der Waals surface area contributed by atoms with Gasteiger partial charge in [-0.3, -0.25) is 4.79 Å². The SMILES string of the molecule is COc1cc(-c2oc3cc(OC)c(OC4OC(CO)C(O)C(O)C4O)c(O)c3c(=O)c2O)ccc1O. The Morgan fingerprint density at radius 3 is 2.25 bits per heavy atom. The molecule has 4 rings (SSSR count). The van der Waals surface area contributed by atoms with Gasteiger partial charge >= 0.3 is 0 Å². The molecule has 1 saturated heterocycles. The summed E-state index contributed by atoms with van der Waals surface area (Å²) in [5, 5.41) is 70.3. The van der Waals surface area contributed by atoms with Gasteiger partial charge in [0.1, 0.15) is 35.4 Å². The van der Waals surface area contributed by atoms with Gasteiger partial charge in [0.15, 0.2) is 28.8 Å². The lowest BCUT2D eigenvalue weighted by Gasteiger charge is -2.39. The van der Waals surface area contributed by atoms with E-state index in [4.69, 9.17) is 23.4 Å². The normalized spacial score (nSPS) is 24.0. The van der Waals surface area contributed by atoms with Gasteiger partial charge in [0, 0.05) is 11.6 Å². The van der Waals surface area contributed by atoms with Crippen LogP contribution in [-0.4, -0.2) is 87.3 Å². The monoisotopic (exact) mass is 508 g/mol. The van der Waals surface area contributed by atoms with E-state index in [0.717, 1.165) is 0 Å². The minimum atomic E-state index is -1.81. The molecule has 7 N–H and O–H groups in total. The minimum Gasteiger partial charge on any atom is -0.504 e. The molecule has 13 heteroatoms. The molecule has 1 aliphatic rings. The van der Waals surface area contributed by atoms with Crippen molar-refractivity contribution in [3.8, 4) is 45.8 Å². The highest BCUT2D eigenvalue weighted by atomic mass is 16.7. The van der Waals surface area contributed by atoms with Crippen LogP contribution in [0.15, 0.2) is 33.5 Å². The standard InChI is InChI=1S/C23H24O13/c1-32-10-5-8(3-4-9(10)25)21-19(30)16(27)14-11(34-21)6-12(33-2)22(17(14)28)36-23-20(31)18(29)15(26)13(7-24)35-23/h3-6,13,15,18,20,23-26,28-31H,7H2,1-2H3. The van der Waals surface area contributed by atoms with Gasteiger partial charge in [-0.05, 0) is 18.2 Å². The van der Waals surface area contributed by atoms with E-state index in [1.165, 1.54) is 38.5 Å². The number of fused-ring (bicyclic) bond motifs is 1. The molecule has 0 radical (unpaired) electrons. The molecule has 13 nitrogen and oxygen atoms in total. The van der Waals surface area contributed by atoms with Crippen LogP contribution in [0.25, 0.3) is 22.3 Å². The topological polar surface area (TPSA) is 209 Å². The molecule has 0 spiro atoms. The number of hydrogen-bond donors (Lipinski definition) is 7. The summed E-state index contributed by atoms with van der Waals surface area (Å²) in [5.41, 5.74) is -1.08. The predicted molar refractivity (Wildman–Crippen MR) is 120 cm³/mol. The van der Waals surface area contributed by atoms with Gasteiger partial charge in [-0.2, -0.15) is 0 Å². The largest absolute Gasteiger partial charge is 0.504 e. The highest BCUT2D eigenvalue weighted by molar-refractivity contribution is 5.91. The molecule has 0 aliphatic carbocycles. The maximum atomic E-state index is 13.0. The second kappa shape index (κ2) is 9.72. The number of phenols is 2. The summed E-state index contributed by atoms with van der Waals surface area (Å²) in [5.74, 6) is -2.79. The number of hydrogen-bond acceptors (Lipinski definition) is 13. The number of ether oxygens (including phenoxy) is 4. The van der Waals surface area contributed by atoms with E-state index in [2.05, 4.69) is 0 Å². The van der Waals surface area contributed by atoms with E-state index >= 15 is 0 Å². The van der Waals surface area contributed by atoms with E-state index in [1.54, 1.807) is 0 Å². The fraction of sp³-hybridized carbons (Fsp3) is 0.348. The Morgan fingerprint density at radius 2 is 1.61 bits per heavy atom. The maximum absolute atomic E-state index is 13.0. The summed E-state index contributed by atoms with van der Waals surface area (Å²) in [6.45, 7) is -0.714. The summed E-state index contributed by atoms with van der Waals surface area (Å²) in [7, 11) is 2.53. The van der Waals surface area contributed by atoms with Crippen molar-refractivity contribution in [1.82, 2.24) is 0 Å². The Labute approximate surface area is 202 Å². The third-order valence-corrected chi connectivity index (χ3v) is 5.80. The molecule has 1 aliphatic heterocycles. The van der Waals surface area contributed by atoms with Crippen molar-refractivity contribution in [2.24, 2.45) is 0 Å². The Bertz CT molecular complexity index is 1330. The molecule has 2 aromatic carbocycles. The van der Waals surface area contributed by atoms with E-state index in [9.17, 15) is 40.5 Å². The van der Waals surface area contributed by atoms with Crippen LogP contribution in [0.1, 0.15) is 0 Å². The fourth-order valence-electron chi connectivity index (χ4n) is 3.84. The molecular weight excluding hydrogens is 484 g/mol. The number of aromatic hydroxyl groups is 3. The maximum Gasteiger partial charge on any atom is 0.238 e. The highest BCUT2D eigenvalue weighted by Gasteiger charge is 2.45. The van der Waals surface area contributed by atoms with Crippen molar-refractivity contribution < 1.29 is 59.1 Å². The van der Waals surface area contributed by atoms with Crippen molar-refractivity contribution in [2.75, 3.05) is 20.8 Å². The quantitative estimate of drug-likeness (QED) is 0.230. The number of phenolic OH excluding ortho intramolecular Hbond substituents is 2. The molecule has 0 saturated carbocycles. The molecule has 0 amide bonds. The van der Waals surface area contributed by atoms with Crippen molar-refractivity contribution in [2.45, 2.75) is 30.7 Å². The van der Waals surface area contributed by atoms with Gasteiger partial charge < -0.3 is 59.1 Å². The molecule has 1 aromatic heterocycles. The minimum absolute atomic E-state index is 0.0540. The van der Waals surface area contributed by atoms with Crippen LogP contribution in [0.5, 0.6) is 34.5 Å². The van der Waals surface area contributed by atoms with Crippen LogP contribution >= 0.6 is 0 Å². The Morgan fingerprint density at radius 1 is 0.917 bits per heavy atom.